The van der Waals surface area contributed by atoms with E-state index in [0.29, 0.717) is 0 Å². The van der Waals surface area contributed by atoms with Crippen molar-refractivity contribution in [2.75, 3.05) is 26.2 Å². The highest BCUT2D eigenvalue weighted by molar-refractivity contribution is 5.07. The van der Waals surface area contributed by atoms with E-state index in [1.165, 1.54) is 11.4 Å². The molecule has 0 aliphatic carbocycles. The van der Waals surface area contributed by atoms with Crippen LogP contribution < -0.4 is 0 Å². The summed E-state index contributed by atoms with van der Waals surface area (Å²) in [6.45, 7) is 18.6. The van der Waals surface area contributed by atoms with Gasteiger partial charge < -0.3 is 4.90 Å². The molecule has 0 aliphatic rings. The largest absolute Gasteiger partial charge is 0.303 e. The van der Waals surface area contributed by atoms with Gasteiger partial charge in [-0.2, -0.15) is 10.2 Å². The lowest BCUT2D eigenvalue weighted by molar-refractivity contribution is 0.128. The van der Waals surface area contributed by atoms with Gasteiger partial charge in [0.2, 0.25) is 0 Å². The number of hydrogen-bond donors (Lipinski definition) is 0. The van der Waals surface area contributed by atoms with Crippen molar-refractivity contribution < 1.29 is 0 Å². The fraction of sp³-hybridized carbons (Fsp3) is 0.667. The molecule has 0 saturated carbocycles. The topological polar surface area (TPSA) is 42.1 Å². The summed E-state index contributed by atoms with van der Waals surface area (Å²) in [5.74, 6) is 0. The number of rotatable bonds is 9. The molecule has 0 bridgehead atoms. The molecular formula is C18H32N6. The van der Waals surface area contributed by atoms with Crippen molar-refractivity contribution in [1.29, 1.82) is 0 Å². The van der Waals surface area contributed by atoms with E-state index in [0.717, 1.165) is 50.9 Å². The maximum Gasteiger partial charge on any atom is 0.0946 e. The van der Waals surface area contributed by atoms with Crippen LogP contribution in [0.4, 0.5) is 0 Å². The summed E-state index contributed by atoms with van der Waals surface area (Å²) in [4.78, 5) is 4.87. The monoisotopic (exact) mass is 332 g/mol. The van der Waals surface area contributed by atoms with Gasteiger partial charge in [0, 0.05) is 24.5 Å². The first-order valence-electron chi connectivity index (χ1n) is 8.89. The maximum absolute atomic E-state index is 4.62. The van der Waals surface area contributed by atoms with Gasteiger partial charge in [0.25, 0.3) is 0 Å². The van der Waals surface area contributed by atoms with E-state index in [9.17, 15) is 0 Å². The second-order valence-electron chi connectivity index (χ2n) is 6.56. The van der Waals surface area contributed by atoms with Gasteiger partial charge >= 0.3 is 0 Å². The number of aryl methyl sites for hydroxylation is 4. The first-order chi connectivity index (χ1) is 11.4. The smallest absolute Gasteiger partial charge is 0.0946 e. The van der Waals surface area contributed by atoms with Gasteiger partial charge in [-0.1, -0.05) is 13.8 Å². The fourth-order valence-electron chi connectivity index (χ4n) is 3.02. The molecule has 2 heterocycles. The Morgan fingerprint density at radius 2 is 1.17 bits per heavy atom. The highest BCUT2D eigenvalue weighted by Crippen LogP contribution is 2.08. The van der Waals surface area contributed by atoms with E-state index in [4.69, 9.17) is 0 Å². The summed E-state index contributed by atoms with van der Waals surface area (Å²) >= 11 is 0. The molecule has 0 aromatic carbocycles. The SMILES string of the molecule is CCN(CC)CCN(Cn1nc(C)cc1C)Cn1nc(C)cc1C. The minimum atomic E-state index is 0.791. The Balaban J connectivity index is 2.10. The second kappa shape index (κ2) is 8.44. The number of aromatic nitrogens is 4. The normalized spacial score (nSPS) is 11.8. The van der Waals surface area contributed by atoms with Crippen LogP contribution in [-0.4, -0.2) is 55.5 Å². The molecule has 6 heteroatoms. The minimum Gasteiger partial charge on any atom is -0.303 e. The molecule has 0 aliphatic heterocycles. The molecule has 2 rings (SSSR count). The van der Waals surface area contributed by atoms with Crippen LogP contribution in [-0.2, 0) is 13.3 Å². The van der Waals surface area contributed by atoms with Gasteiger partial charge in [0.1, 0.15) is 0 Å². The molecule has 0 radical (unpaired) electrons. The van der Waals surface area contributed by atoms with Crippen LogP contribution in [0.5, 0.6) is 0 Å². The molecule has 134 valence electrons. The van der Waals surface area contributed by atoms with Crippen molar-refractivity contribution in [2.24, 2.45) is 0 Å². The number of hydrogen-bond acceptors (Lipinski definition) is 4. The number of nitrogens with zero attached hydrogens (tertiary/aromatic N) is 6. The highest BCUT2D eigenvalue weighted by atomic mass is 15.4. The lowest BCUT2D eigenvalue weighted by Crippen LogP contribution is -2.38. The van der Waals surface area contributed by atoms with E-state index >= 15 is 0 Å². The Hall–Kier alpha value is -1.66. The number of likely N-dealkylation sites (N-methyl/N-ethyl adjacent to an activating group) is 1. The molecule has 0 unspecified atom stereocenters. The quantitative estimate of drug-likeness (QED) is 0.708. The summed E-state index contributed by atoms with van der Waals surface area (Å²) < 4.78 is 4.17. The zero-order valence-corrected chi connectivity index (χ0v) is 16.1. The van der Waals surface area contributed by atoms with Crippen LogP contribution in [0.1, 0.15) is 36.6 Å². The molecule has 0 N–H and O–H groups in total. The standard InChI is InChI=1S/C18H32N6/c1-7-21(8-2)9-10-22(13-23-17(5)11-15(3)19-23)14-24-18(6)12-16(4)20-24/h11-12H,7-10,13-14H2,1-6H3. The summed E-state index contributed by atoms with van der Waals surface area (Å²) in [5, 5.41) is 9.24. The summed E-state index contributed by atoms with van der Waals surface area (Å²) in [5.41, 5.74) is 4.55. The lowest BCUT2D eigenvalue weighted by Gasteiger charge is -2.27. The molecule has 2 aromatic heterocycles. The summed E-state index contributed by atoms with van der Waals surface area (Å²) in [6, 6.07) is 4.26. The van der Waals surface area contributed by atoms with E-state index in [2.05, 4.69) is 69.2 Å². The minimum absolute atomic E-state index is 0.791. The molecule has 0 atom stereocenters. The predicted octanol–water partition coefficient (Wildman–Crippen LogP) is 2.57. The Labute approximate surface area is 146 Å². The molecule has 6 nitrogen and oxygen atoms in total. The Morgan fingerprint density at radius 3 is 1.50 bits per heavy atom. The Kier molecular flexibility index (Phi) is 6.57. The third kappa shape index (κ3) is 4.92. The van der Waals surface area contributed by atoms with Crippen molar-refractivity contribution >= 4 is 0 Å². The van der Waals surface area contributed by atoms with Gasteiger partial charge in [-0.15, -0.1) is 0 Å². The zero-order chi connectivity index (χ0) is 17.7. The van der Waals surface area contributed by atoms with E-state index in [-0.39, 0.29) is 0 Å². The Bertz CT molecular complexity index is 590. The summed E-state index contributed by atoms with van der Waals surface area (Å²) in [7, 11) is 0. The molecule has 0 amide bonds. The van der Waals surface area contributed by atoms with Crippen LogP contribution >= 0.6 is 0 Å². The van der Waals surface area contributed by atoms with Crippen LogP contribution in [0.15, 0.2) is 12.1 Å². The van der Waals surface area contributed by atoms with Gasteiger partial charge in [0.15, 0.2) is 0 Å². The van der Waals surface area contributed by atoms with E-state index < -0.39 is 0 Å². The maximum atomic E-state index is 4.62. The van der Waals surface area contributed by atoms with Crippen LogP contribution in [0.2, 0.25) is 0 Å². The molecule has 0 saturated heterocycles. The van der Waals surface area contributed by atoms with Crippen molar-refractivity contribution in [3.05, 3.63) is 34.9 Å². The van der Waals surface area contributed by atoms with Gasteiger partial charge in [-0.05, 0) is 52.9 Å². The van der Waals surface area contributed by atoms with Crippen molar-refractivity contribution in [3.8, 4) is 0 Å². The van der Waals surface area contributed by atoms with Gasteiger partial charge in [0.05, 0.1) is 24.7 Å². The highest BCUT2D eigenvalue weighted by Gasteiger charge is 2.13. The third-order valence-electron chi connectivity index (χ3n) is 4.50. The lowest BCUT2D eigenvalue weighted by atomic mass is 10.4. The Morgan fingerprint density at radius 1 is 0.750 bits per heavy atom. The first-order valence-corrected chi connectivity index (χ1v) is 8.89. The predicted molar refractivity (Wildman–Crippen MR) is 97.9 cm³/mol. The van der Waals surface area contributed by atoms with Gasteiger partial charge in [-0.25, -0.2) is 0 Å². The van der Waals surface area contributed by atoms with Gasteiger partial charge in [-0.3, -0.25) is 14.3 Å². The zero-order valence-electron chi connectivity index (χ0n) is 16.1. The van der Waals surface area contributed by atoms with Crippen LogP contribution in [0.25, 0.3) is 0 Å². The van der Waals surface area contributed by atoms with Crippen LogP contribution in [0, 0.1) is 27.7 Å². The second-order valence-corrected chi connectivity index (χ2v) is 6.56. The van der Waals surface area contributed by atoms with E-state index in [1.807, 2.05) is 13.8 Å². The van der Waals surface area contributed by atoms with E-state index in [1.54, 1.807) is 0 Å². The van der Waals surface area contributed by atoms with Crippen LogP contribution in [0.3, 0.4) is 0 Å². The van der Waals surface area contributed by atoms with Crippen molar-refractivity contribution in [3.63, 3.8) is 0 Å². The molecule has 0 spiro atoms. The molecule has 0 fully saturated rings. The first kappa shape index (κ1) is 18.7. The molecule has 24 heavy (non-hydrogen) atoms. The van der Waals surface area contributed by atoms with Crippen molar-refractivity contribution in [1.82, 2.24) is 29.4 Å². The third-order valence-corrected chi connectivity index (χ3v) is 4.50. The fourth-order valence-corrected chi connectivity index (χ4v) is 3.02. The average Bonchev–Trinajstić information content (AvgIpc) is 3.01. The van der Waals surface area contributed by atoms with Crippen molar-refractivity contribution in [2.45, 2.75) is 54.9 Å². The summed E-state index contributed by atoms with van der Waals surface area (Å²) in [6.07, 6.45) is 0. The molecule has 2 aromatic rings. The average molecular weight is 332 g/mol. The molecular weight excluding hydrogens is 300 g/mol.